The van der Waals surface area contributed by atoms with E-state index in [1.54, 1.807) is 18.2 Å². The number of hydrogen-bond acceptors (Lipinski definition) is 7. The van der Waals surface area contributed by atoms with Crippen LogP contribution >= 0.6 is 0 Å². The minimum atomic E-state index is -4.59. The van der Waals surface area contributed by atoms with E-state index < -0.39 is 24.2 Å². The first kappa shape index (κ1) is 23.5. The molecule has 10 nitrogen and oxygen atoms in total. The van der Waals surface area contributed by atoms with Crippen LogP contribution in [0.3, 0.4) is 0 Å². The summed E-state index contributed by atoms with van der Waals surface area (Å²) in [5.74, 6) is -0.513. The molecule has 0 saturated carbocycles. The summed E-state index contributed by atoms with van der Waals surface area (Å²) in [5.41, 5.74) is 1.06. The Balaban J connectivity index is 1.58. The molecule has 4 heterocycles. The number of aliphatic hydroxyl groups excluding tert-OH is 1. The first-order valence-electron chi connectivity index (χ1n) is 10.7. The average Bonchev–Trinajstić information content (AvgIpc) is 3.21. The van der Waals surface area contributed by atoms with Crippen LogP contribution in [0.15, 0.2) is 30.5 Å². The maximum Gasteiger partial charge on any atom is 0.408 e. The lowest BCUT2D eigenvalue weighted by Gasteiger charge is -2.35. The summed E-state index contributed by atoms with van der Waals surface area (Å²) in [6.07, 6.45) is -2.42. The van der Waals surface area contributed by atoms with Crippen molar-refractivity contribution in [3.63, 3.8) is 0 Å². The Morgan fingerprint density at radius 3 is 2.82 bits per heavy atom. The van der Waals surface area contributed by atoms with Crippen molar-refractivity contribution in [2.75, 3.05) is 46.7 Å². The Morgan fingerprint density at radius 2 is 2.09 bits per heavy atom. The molecule has 0 spiro atoms. The molecule has 2 atom stereocenters. The third-order valence-corrected chi connectivity index (χ3v) is 5.68. The first-order valence-corrected chi connectivity index (χ1v) is 10.7. The van der Waals surface area contributed by atoms with Gasteiger partial charge in [-0.2, -0.15) is 13.2 Å². The number of aromatic nitrogens is 2. The van der Waals surface area contributed by atoms with Crippen LogP contribution in [0, 0.1) is 0 Å². The zero-order valence-electron chi connectivity index (χ0n) is 18.3. The van der Waals surface area contributed by atoms with Crippen molar-refractivity contribution in [1.82, 2.24) is 15.3 Å². The number of nitrogens with one attached hydrogen (secondary N) is 3. The number of amides is 3. The van der Waals surface area contributed by atoms with Gasteiger partial charge in [0.25, 0.3) is 5.91 Å². The van der Waals surface area contributed by atoms with Gasteiger partial charge in [-0.15, -0.1) is 0 Å². The van der Waals surface area contributed by atoms with E-state index in [2.05, 4.69) is 20.6 Å². The molecule has 13 heteroatoms. The number of pyridine rings is 2. The molecule has 0 unspecified atom stereocenters. The number of anilines is 4. The van der Waals surface area contributed by atoms with Gasteiger partial charge in [0.1, 0.15) is 17.6 Å². The fraction of sp³-hybridized carbons (Fsp3) is 0.429. The number of halogens is 3. The lowest BCUT2D eigenvalue weighted by molar-refractivity contribution is -0.149. The smallest absolute Gasteiger partial charge is 0.395 e. The van der Waals surface area contributed by atoms with E-state index in [4.69, 9.17) is 5.11 Å². The Hall–Kier alpha value is -3.61. The van der Waals surface area contributed by atoms with E-state index in [9.17, 15) is 22.8 Å². The summed E-state index contributed by atoms with van der Waals surface area (Å²) in [5, 5.41) is 16.6. The predicted molar refractivity (Wildman–Crippen MR) is 119 cm³/mol. The number of alkyl halides is 3. The normalized spacial score (nSPS) is 17.7. The quantitative estimate of drug-likeness (QED) is 0.501. The molecule has 0 radical (unpaired) electrons. The second-order valence-corrected chi connectivity index (χ2v) is 8.04. The Bertz CT molecular complexity index is 1080. The topological polar surface area (TPSA) is 123 Å². The summed E-state index contributed by atoms with van der Waals surface area (Å²) < 4.78 is 38.6. The first-order chi connectivity index (χ1) is 16.2. The van der Waals surface area contributed by atoms with E-state index in [-0.39, 0.29) is 30.0 Å². The van der Waals surface area contributed by atoms with Gasteiger partial charge < -0.3 is 20.6 Å². The fourth-order valence-electron chi connectivity index (χ4n) is 3.93. The fourth-order valence-corrected chi connectivity index (χ4v) is 3.93. The van der Waals surface area contributed by atoms with Crippen molar-refractivity contribution < 1.29 is 27.9 Å². The van der Waals surface area contributed by atoms with Crippen LogP contribution in [0.2, 0.25) is 0 Å². The van der Waals surface area contributed by atoms with Crippen LogP contribution in [0.1, 0.15) is 23.8 Å². The highest BCUT2D eigenvalue weighted by molar-refractivity contribution is 6.05. The molecular formula is C21H24F3N7O3. The van der Waals surface area contributed by atoms with Crippen molar-refractivity contribution in [2.45, 2.75) is 31.6 Å². The molecule has 1 fully saturated rings. The van der Waals surface area contributed by atoms with Gasteiger partial charge in [-0.05, 0) is 31.5 Å². The molecule has 4 rings (SSSR count). The molecule has 2 aliphatic heterocycles. The molecule has 3 amide bonds. The number of carbonyl (C=O) groups is 2. The van der Waals surface area contributed by atoms with Crippen molar-refractivity contribution in [3.8, 4) is 0 Å². The third kappa shape index (κ3) is 4.83. The van der Waals surface area contributed by atoms with Crippen molar-refractivity contribution in [3.05, 3.63) is 36.2 Å². The highest BCUT2D eigenvalue weighted by atomic mass is 19.4. The highest BCUT2D eigenvalue weighted by Crippen LogP contribution is 2.39. The lowest BCUT2D eigenvalue weighted by Crippen LogP contribution is -2.49. The van der Waals surface area contributed by atoms with Gasteiger partial charge in [0, 0.05) is 37.6 Å². The summed E-state index contributed by atoms with van der Waals surface area (Å²) in [6, 6.07) is 3.45. The van der Waals surface area contributed by atoms with E-state index >= 15 is 0 Å². The lowest BCUT2D eigenvalue weighted by atomic mass is 10.1. The zero-order valence-corrected chi connectivity index (χ0v) is 18.3. The number of carbonyl (C=O) groups excluding carboxylic acids is 2. The number of rotatable bonds is 6. The van der Waals surface area contributed by atoms with Gasteiger partial charge in [0.2, 0.25) is 0 Å². The maximum atomic E-state index is 13.2. The number of urea groups is 1. The molecule has 182 valence electrons. The molecule has 0 aliphatic carbocycles. The SMILES string of the molecule is C[C@@H](NC(=O)c1ccc2c(n1)N(C(=O)Nc1cc(NCCO)ccn1)[C@H]1CCN2C1)C(F)(F)F. The molecule has 0 aromatic carbocycles. The summed E-state index contributed by atoms with van der Waals surface area (Å²) in [7, 11) is 0. The number of nitrogens with zero attached hydrogens (tertiary/aromatic N) is 4. The maximum absolute atomic E-state index is 13.2. The Kier molecular flexibility index (Phi) is 6.46. The minimum Gasteiger partial charge on any atom is -0.395 e. The van der Waals surface area contributed by atoms with Crippen LogP contribution in [0.5, 0.6) is 0 Å². The van der Waals surface area contributed by atoms with Crippen molar-refractivity contribution >= 4 is 34.9 Å². The average molecular weight is 479 g/mol. The third-order valence-electron chi connectivity index (χ3n) is 5.68. The van der Waals surface area contributed by atoms with Crippen molar-refractivity contribution in [1.29, 1.82) is 0 Å². The van der Waals surface area contributed by atoms with E-state index in [1.807, 2.05) is 10.2 Å². The van der Waals surface area contributed by atoms with Gasteiger partial charge in [-0.1, -0.05) is 0 Å². The second-order valence-electron chi connectivity index (χ2n) is 8.04. The molecule has 2 aromatic heterocycles. The van der Waals surface area contributed by atoms with E-state index in [0.29, 0.717) is 37.4 Å². The van der Waals surface area contributed by atoms with Gasteiger partial charge in [-0.3, -0.25) is 15.0 Å². The Labute approximate surface area is 193 Å². The second kappa shape index (κ2) is 9.33. The van der Waals surface area contributed by atoms with Crippen LogP contribution in [-0.2, 0) is 0 Å². The number of aliphatic hydroxyl groups is 1. The van der Waals surface area contributed by atoms with Crippen molar-refractivity contribution in [2.24, 2.45) is 0 Å². The predicted octanol–water partition coefficient (Wildman–Crippen LogP) is 2.19. The standard InChI is InChI=1S/C21H24F3N7O3/c1-12(21(22,23)24)27-19(33)15-2-3-16-18(28-15)31(14-5-8-30(16)11-14)20(34)29-17-10-13(4-6-26-17)25-7-9-32/h2-4,6,10,12,14,32H,5,7-9,11H2,1H3,(H,27,33)(H2,25,26,29,34)/t12-,14+/m1/s1. The van der Waals surface area contributed by atoms with E-state index in [1.165, 1.54) is 17.2 Å². The van der Waals surface area contributed by atoms with E-state index in [0.717, 1.165) is 6.92 Å². The monoisotopic (exact) mass is 479 g/mol. The summed E-state index contributed by atoms with van der Waals surface area (Å²) in [4.78, 5) is 37.5. The van der Waals surface area contributed by atoms with Gasteiger partial charge >= 0.3 is 12.2 Å². The molecule has 4 N–H and O–H groups in total. The Morgan fingerprint density at radius 1 is 1.29 bits per heavy atom. The van der Waals surface area contributed by atoms with Gasteiger partial charge in [0.15, 0.2) is 5.82 Å². The summed E-state index contributed by atoms with van der Waals surface area (Å²) >= 11 is 0. The zero-order chi connectivity index (χ0) is 24.5. The number of fused-ring (bicyclic) bond motifs is 4. The molecule has 2 aliphatic rings. The largest absolute Gasteiger partial charge is 0.408 e. The highest BCUT2D eigenvalue weighted by Gasteiger charge is 2.41. The van der Waals surface area contributed by atoms with Crippen LogP contribution in [-0.4, -0.2) is 71.5 Å². The van der Waals surface area contributed by atoms with Crippen LogP contribution in [0.4, 0.5) is 41.0 Å². The molecule has 34 heavy (non-hydrogen) atoms. The van der Waals surface area contributed by atoms with Gasteiger partial charge in [0.05, 0.1) is 18.3 Å². The van der Waals surface area contributed by atoms with Crippen LogP contribution in [0.25, 0.3) is 0 Å². The number of hydrogen-bond donors (Lipinski definition) is 4. The summed E-state index contributed by atoms with van der Waals surface area (Å²) in [6.45, 7) is 2.37. The molecule has 1 saturated heterocycles. The molecule has 2 aromatic rings. The van der Waals surface area contributed by atoms with Gasteiger partial charge in [-0.25, -0.2) is 14.8 Å². The molecule has 2 bridgehead atoms. The molecular weight excluding hydrogens is 455 g/mol. The minimum absolute atomic E-state index is 0.0594. The van der Waals surface area contributed by atoms with Crippen LogP contribution < -0.4 is 25.8 Å².